The largest absolute Gasteiger partial charge is 0.370 e. The number of nitrogens with one attached hydrogen (secondary N) is 2. The van der Waals surface area contributed by atoms with Crippen molar-refractivity contribution in [3.63, 3.8) is 0 Å². The molecular weight excluding hydrogens is 414 g/mol. The molecule has 2 unspecified atom stereocenters. The van der Waals surface area contributed by atoms with E-state index in [2.05, 4.69) is 56.6 Å². The quantitative estimate of drug-likeness (QED) is 0.585. The molecule has 2 fully saturated rings. The number of aromatic amines is 1. The first-order valence-electron chi connectivity index (χ1n) is 11.6. The molecule has 0 spiro atoms. The average Bonchev–Trinajstić information content (AvgIpc) is 3.24. The lowest BCUT2D eigenvalue weighted by molar-refractivity contribution is -0.144. The summed E-state index contributed by atoms with van der Waals surface area (Å²) in [5.41, 5.74) is 4.18. The molecule has 7 heteroatoms. The molecule has 0 radical (unpaired) electrons. The number of nitriles is 1. The predicted octanol–water partition coefficient (Wildman–Crippen LogP) is 2.28. The number of fused-ring (bicyclic) bond motifs is 3. The van der Waals surface area contributed by atoms with E-state index in [1.807, 2.05) is 12.1 Å². The second-order valence-electron chi connectivity index (χ2n) is 9.03. The van der Waals surface area contributed by atoms with Crippen molar-refractivity contribution in [3.05, 3.63) is 71.4 Å². The minimum atomic E-state index is 0.0236. The molecule has 2 saturated heterocycles. The molecule has 1 aromatic heterocycles. The van der Waals surface area contributed by atoms with Crippen molar-refractivity contribution >= 4 is 16.8 Å². The Morgan fingerprint density at radius 1 is 1.06 bits per heavy atom. The van der Waals surface area contributed by atoms with Crippen molar-refractivity contribution in [1.29, 1.82) is 5.26 Å². The van der Waals surface area contributed by atoms with Crippen LogP contribution < -0.4 is 5.32 Å². The number of nitrogens with zero attached hydrogens (tertiary/aromatic N) is 3. The van der Waals surface area contributed by atoms with Gasteiger partial charge in [0.2, 0.25) is 5.91 Å². The molecule has 2 atom stereocenters. The van der Waals surface area contributed by atoms with Gasteiger partial charge >= 0.3 is 0 Å². The third-order valence-corrected chi connectivity index (χ3v) is 6.54. The zero-order valence-electron chi connectivity index (χ0n) is 18.7. The molecule has 2 aromatic carbocycles. The van der Waals surface area contributed by atoms with E-state index >= 15 is 0 Å². The summed E-state index contributed by atoms with van der Waals surface area (Å²) in [5.74, 6) is 0.0236. The highest BCUT2D eigenvalue weighted by Crippen LogP contribution is 2.22. The zero-order chi connectivity index (χ0) is 22.6. The fourth-order valence-electron chi connectivity index (χ4n) is 4.95. The second kappa shape index (κ2) is 9.75. The molecule has 33 heavy (non-hydrogen) atoms. The Labute approximate surface area is 193 Å². The third kappa shape index (κ3) is 5.25. The minimum absolute atomic E-state index is 0.0236. The highest BCUT2D eigenvalue weighted by Gasteiger charge is 2.35. The average molecular weight is 444 g/mol. The fourth-order valence-corrected chi connectivity index (χ4v) is 4.95. The van der Waals surface area contributed by atoms with Gasteiger partial charge in [0, 0.05) is 56.4 Å². The van der Waals surface area contributed by atoms with Crippen LogP contribution in [0.1, 0.15) is 16.7 Å². The summed E-state index contributed by atoms with van der Waals surface area (Å²) in [6, 6.07) is 17.9. The summed E-state index contributed by atoms with van der Waals surface area (Å²) >= 11 is 0. The van der Waals surface area contributed by atoms with E-state index in [0.29, 0.717) is 18.7 Å². The lowest BCUT2D eigenvalue weighted by Crippen LogP contribution is -2.60. The van der Waals surface area contributed by atoms with Gasteiger partial charge in [-0.3, -0.25) is 14.6 Å². The lowest BCUT2D eigenvalue weighted by Gasteiger charge is -2.45. The number of carbonyl (C=O) groups is 1. The van der Waals surface area contributed by atoms with Gasteiger partial charge in [0.05, 0.1) is 30.4 Å². The highest BCUT2D eigenvalue weighted by atomic mass is 16.5. The number of hydrogen-bond donors (Lipinski definition) is 2. The van der Waals surface area contributed by atoms with Gasteiger partial charge in [0.15, 0.2) is 0 Å². The molecule has 1 amide bonds. The van der Waals surface area contributed by atoms with Crippen molar-refractivity contribution in [1.82, 2.24) is 20.1 Å². The molecule has 7 nitrogen and oxygen atoms in total. The SMILES string of the molecule is N#Cc1ccc(CNC(=O)CN2CC3CN(CCc4c[nH]c5ccccc45)CC(C2)O3)cc1. The van der Waals surface area contributed by atoms with Gasteiger partial charge in [-0.1, -0.05) is 30.3 Å². The van der Waals surface area contributed by atoms with Gasteiger partial charge in [-0.15, -0.1) is 0 Å². The molecule has 2 N–H and O–H groups in total. The molecule has 3 aromatic rings. The number of amides is 1. The normalized spacial score (nSPS) is 21.1. The minimum Gasteiger partial charge on any atom is -0.370 e. The van der Waals surface area contributed by atoms with Crippen LogP contribution in [0, 0.1) is 11.3 Å². The van der Waals surface area contributed by atoms with Gasteiger partial charge in [0.25, 0.3) is 0 Å². The summed E-state index contributed by atoms with van der Waals surface area (Å²) < 4.78 is 6.18. The first-order chi connectivity index (χ1) is 16.2. The van der Waals surface area contributed by atoms with Crippen molar-refractivity contribution in [2.75, 3.05) is 39.3 Å². The monoisotopic (exact) mass is 443 g/mol. The van der Waals surface area contributed by atoms with Gasteiger partial charge in [-0.05, 0) is 35.7 Å². The van der Waals surface area contributed by atoms with Gasteiger partial charge in [-0.2, -0.15) is 5.26 Å². The molecule has 0 saturated carbocycles. The van der Waals surface area contributed by atoms with Crippen LogP contribution >= 0.6 is 0 Å². The molecule has 5 rings (SSSR count). The van der Waals surface area contributed by atoms with Crippen LogP contribution in [0.3, 0.4) is 0 Å². The van der Waals surface area contributed by atoms with Crippen LogP contribution in [0.5, 0.6) is 0 Å². The first kappa shape index (κ1) is 21.7. The van der Waals surface area contributed by atoms with Crippen LogP contribution in [0.2, 0.25) is 0 Å². The van der Waals surface area contributed by atoms with Gasteiger partial charge in [0.1, 0.15) is 0 Å². The van der Waals surface area contributed by atoms with Crippen LogP contribution in [0.15, 0.2) is 54.7 Å². The van der Waals surface area contributed by atoms with Crippen molar-refractivity contribution < 1.29 is 9.53 Å². The Morgan fingerprint density at radius 3 is 2.55 bits per heavy atom. The summed E-state index contributed by atoms with van der Waals surface area (Å²) in [5, 5.41) is 13.2. The van der Waals surface area contributed by atoms with Crippen LogP contribution in [0.4, 0.5) is 0 Å². The first-order valence-corrected chi connectivity index (χ1v) is 11.6. The van der Waals surface area contributed by atoms with Crippen LogP contribution in [-0.4, -0.2) is 72.2 Å². The number of ether oxygens (including phenoxy) is 1. The Kier molecular flexibility index (Phi) is 6.40. The third-order valence-electron chi connectivity index (χ3n) is 6.54. The zero-order valence-corrected chi connectivity index (χ0v) is 18.7. The van der Waals surface area contributed by atoms with E-state index < -0.39 is 0 Å². The van der Waals surface area contributed by atoms with E-state index in [0.717, 1.165) is 44.7 Å². The van der Waals surface area contributed by atoms with Crippen molar-refractivity contribution in [3.8, 4) is 6.07 Å². The summed E-state index contributed by atoms with van der Waals surface area (Å²) in [4.78, 5) is 20.6. The molecule has 2 aliphatic rings. The van der Waals surface area contributed by atoms with Crippen LogP contribution in [-0.2, 0) is 22.5 Å². The number of hydrogen-bond acceptors (Lipinski definition) is 5. The van der Waals surface area contributed by atoms with E-state index in [1.165, 1.54) is 16.5 Å². The number of H-pyrrole nitrogens is 1. The molecule has 2 bridgehead atoms. The maximum absolute atomic E-state index is 12.5. The Hall–Kier alpha value is -3.18. The van der Waals surface area contributed by atoms with E-state index in [-0.39, 0.29) is 18.1 Å². The van der Waals surface area contributed by atoms with E-state index in [1.54, 1.807) is 12.1 Å². The smallest absolute Gasteiger partial charge is 0.234 e. The molecule has 3 heterocycles. The Bertz CT molecular complexity index is 1140. The summed E-state index contributed by atoms with van der Waals surface area (Å²) in [6.45, 7) is 5.26. The van der Waals surface area contributed by atoms with Crippen molar-refractivity contribution in [2.24, 2.45) is 0 Å². The van der Waals surface area contributed by atoms with E-state index in [9.17, 15) is 4.79 Å². The Balaban J connectivity index is 1.08. The van der Waals surface area contributed by atoms with Gasteiger partial charge in [-0.25, -0.2) is 0 Å². The number of para-hydroxylation sites is 1. The molecule has 170 valence electrons. The molecular formula is C26H29N5O2. The fraction of sp³-hybridized carbons (Fsp3) is 0.385. The maximum Gasteiger partial charge on any atom is 0.234 e. The second-order valence-corrected chi connectivity index (χ2v) is 9.03. The number of benzene rings is 2. The maximum atomic E-state index is 12.5. The highest BCUT2D eigenvalue weighted by molar-refractivity contribution is 5.83. The number of rotatable bonds is 7. The van der Waals surface area contributed by atoms with Crippen molar-refractivity contribution in [2.45, 2.75) is 25.2 Å². The van der Waals surface area contributed by atoms with Crippen LogP contribution in [0.25, 0.3) is 10.9 Å². The molecule has 2 aliphatic heterocycles. The Morgan fingerprint density at radius 2 is 1.79 bits per heavy atom. The standard InChI is InChI=1S/C26H29N5O2/c27-11-19-5-7-20(8-6-19)12-29-26(32)18-31-16-22-14-30(15-23(17-31)33-22)10-9-21-13-28-25-4-2-1-3-24(21)25/h1-8,13,22-23,28H,9-10,12,14-18H2,(H,29,32). The predicted molar refractivity (Wildman–Crippen MR) is 127 cm³/mol. The van der Waals surface area contributed by atoms with Gasteiger partial charge < -0.3 is 15.0 Å². The summed E-state index contributed by atoms with van der Waals surface area (Å²) in [7, 11) is 0. The number of morpholine rings is 2. The number of carbonyl (C=O) groups excluding carboxylic acids is 1. The lowest BCUT2D eigenvalue weighted by atomic mass is 10.1. The summed E-state index contributed by atoms with van der Waals surface area (Å²) in [6.07, 6.45) is 3.44. The van der Waals surface area contributed by atoms with E-state index in [4.69, 9.17) is 10.00 Å². The topological polar surface area (TPSA) is 84.4 Å². The number of aromatic nitrogens is 1. The molecule has 0 aliphatic carbocycles.